The van der Waals surface area contributed by atoms with Gasteiger partial charge in [-0.05, 0) is 55.3 Å². The highest BCUT2D eigenvalue weighted by molar-refractivity contribution is 5.90. The average molecular weight is 348 g/mol. The van der Waals surface area contributed by atoms with Crippen LogP contribution in [0.2, 0.25) is 0 Å². The van der Waals surface area contributed by atoms with Crippen LogP contribution in [-0.4, -0.2) is 17.6 Å². The van der Waals surface area contributed by atoms with Crippen molar-refractivity contribution >= 4 is 28.4 Å². The second-order valence-corrected chi connectivity index (χ2v) is 6.39. The molecule has 1 heterocycles. The molecule has 0 bridgehead atoms. The second kappa shape index (κ2) is 8.48. The van der Waals surface area contributed by atoms with E-state index in [2.05, 4.69) is 30.2 Å². The smallest absolute Gasteiger partial charge is 0.338 e. The summed E-state index contributed by atoms with van der Waals surface area (Å²) < 4.78 is 5.28. The Kier molecular flexibility index (Phi) is 5.84. The van der Waals surface area contributed by atoms with Gasteiger partial charge < -0.3 is 10.1 Å². The first-order chi connectivity index (χ1) is 12.7. The van der Waals surface area contributed by atoms with Crippen LogP contribution < -0.4 is 5.32 Å². The van der Waals surface area contributed by atoms with Gasteiger partial charge in [-0.1, -0.05) is 38.0 Å². The fourth-order valence-electron chi connectivity index (χ4n) is 2.85. The number of anilines is 2. The zero-order valence-corrected chi connectivity index (χ0v) is 15.3. The highest BCUT2D eigenvalue weighted by atomic mass is 16.5. The molecule has 3 aromatic rings. The van der Waals surface area contributed by atoms with Crippen molar-refractivity contribution in [1.29, 1.82) is 0 Å². The predicted octanol–water partition coefficient (Wildman–Crippen LogP) is 5.63. The van der Waals surface area contributed by atoms with Gasteiger partial charge >= 0.3 is 5.97 Å². The van der Waals surface area contributed by atoms with Gasteiger partial charge in [0, 0.05) is 11.1 Å². The third-order valence-corrected chi connectivity index (χ3v) is 4.30. The topological polar surface area (TPSA) is 51.2 Å². The number of esters is 1. The van der Waals surface area contributed by atoms with Crippen molar-refractivity contribution in [2.45, 2.75) is 33.1 Å². The first-order valence-electron chi connectivity index (χ1n) is 9.08. The zero-order valence-electron chi connectivity index (χ0n) is 15.3. The number of nitrogens with zero attached hydrogens (tertiary/aromatic N) is 1. The lowest BCUT2D eigenvalue weighted by molar-refractivity contribution is 0.0498. The molecule has 0 fully saturated rings. The minimum Gasteiger partial charge on any atom is -0.462 e. The van der Waals surface area contributed by atoms with Crippen molar-refractivity contribution in [3.05, 3.63) is 65.7 Å². The summed E-state index contributed by atoms with van der Waals surface area (Å²) in [5.41, 5.74) is 3.58. The number of hydrogen-bond acceptors (Lipinski definition) is 4. The molecule has 0 aliphatic heterocycles. The van der Waals surface area contributed by atoms with Gasteiger partial charge in [-0.25, -0.2) is 9.78 Å². The molecular weight excluding hydrogens is 324 g/mol. The molecule has 1 aromatic heterocycles. The quantitative estimate of drug-likeness (QED) is 0.444. The summed E-state index contributed by atoms with van der Waals surface area (Å²) in [6, 6.07) is 17.4. The number of carbonyl (C=O) groups is 1. The summed E-state index contributed by atoms with van der Waals surface area (Å²) in [5, 5.41) is 4.45. The third kappa shape index (κ3) is 4.39. The number of pyridine rings is 1. The lowest BCUT2D eigenvalue weighted by Gasteiger charge is -2.10. The number of unbranched alkanes of at least 4 members (excludes halogenated alkanes) is 2. The van der Waals surface area contributed by atoms with Crippen molar-refractivity contribution in [3.8, 4) is 0 Å². The minimum atomic E-state index is -0.271. The average Bonchev–Trinajstić information content (AvgIpc) is 2.66. The van der Waals surface area contributed by atoms with Crippen molar-refractivity contribution in [2.75, 3.05) is 11.9 Å². The van der Waals surface area contributed by atoms with Gasteiger partial charge in [-0.3, -0.25) is 0 Å². The Hall–Kier alpha value is -2.88. The number of rotatable bonds is 7. The summed E-state index contributed by atoms with van der Waals surface area (Å²) in [6.07, 6.45) is 3.10. The summed E-state index contributed by atoms with van der Waals surface area (Å²) in [5.74, 6) is 0.517. The molecule has 134 valence electrons. The highest BCUT2D eigenvalue weighted by Crippen LogP contribution is 2.22. The molecule has 3 rings (SSSR count). The van der Waals surface area contributed by atoms with E-state index >= 15 is 0 Å². The number of ether oxygens (including phenoxy) is 1. The molecule has 0 amide bonds. The van der Waals surface area contributed by atoms with Crippen LogP contribution in [0.5, 0.6) is 0 Å². The Labute approximate surface area is 154 Å². The Morgan fingerprint density at radius 3 is 2.62 bits per heavy atom. The Balaban J connectivity index is 1.67. The van der Waals surface area contributed by atoms with E-state index in [-0.39, 0.29) is 5.97 Å². The van der Waals surface area contributed by atoms with Gasteiger partial charge in [0.2, 0.25) is 0 Å². The number of fused-ring (bicyclic) bond motifs is 1. The normalized spacial score (nSPS) is 10.7. The number of carbonyl (C=O) groups excluding carboxylic acids is 1. The Bertz CT molecular complexity index is 888. The molecule has 0 saturated heterocycles. The molecule has 0 spiro atoms. The van der Waals surface area contributed by atoms with Crippen LogP contribution in [0.3, 0.4) is 0 Å². The number of aromatic nitrogens is 1. The van der Waals surface area contributed by atoms with Gasteiger partial charge in [0.1, 0.15) is 5.82 Å². The van der Waals surface area contributed by atoms with Crippen molar-refractivity contribution < 1.29 is 9.53 Å². The SMILES string of the molecule is CCCCCOC(=O)c1ccc(Nc2cc(C)c3ccccc3n2)cc1. The molecule has 2 aromatic carbocycles. The third-order valence-electron chi connectivity index (χ3n) is 4.30. The van der Waals surface area contributed by atoms with Gasteiger partial charge in [-0.2, -0.15) is 0 Å². The molecular formula is C22H24N2O2. The van der Waals surface area contributed by atoms with Gasteiger partial charge in [0.25, 0.3) is 0 Å². The maximum atomic E-state index is 12.0. The monoisotopic (exact) mass is 348 g/mol. The summed E-state index contributed by atoms with van der Waals surface area (Å²) >= 11 is 0. The van der Waals surface area contributed by atoms with Crippen molar-refractivity contribution in [3.63, 3.8) is 0 Å². The van der Waals surface area contributed by atoms with Gasteiger partial charge in [-0.15, -0.1) is 0 Å². The van der Waals surface area contributed by atoms with E-state index in [1.165, 1.54) is 5.56 Å². The maximum absolute atomic E-state index is 12.0. The first kappa shape index (κ1) is 17.9. The Morgan fingerprint density at radius 1 is 1.08 bits per heavy atom. The van der Waals surface area contributed by atoms with E-state index in [0.29, 0.717) is 12.2 Å². The fourth-order valence-corrected chi connectivity index (χ4v) is 2.85. The van der Waals surface area contributed by atoms with Crippen molar-refractivity contribution in [2.24, 2.45) is 0 Å². The summed E-state index contributed by atoms with van der Waals surface area (Å²) in [7, 11) is 0. The molecule has 0 aliphatic carbocycles. The van der Waals surface area contributed by atoms with E-state index < -0.39 is 0 Å². The minimum absolute atomic E-state index is 0.271. The van der Waals surface area contributed by atoms with Crippen LogP contribution >= 0.6 is 0 Å². The Morgan fingerprint density at radius 2 is 1.85 bits per heavy atom. The highest BCUT2D eigenvalue weighted by Gasteiger charge is 2.07. The molecule has 1 N–H and O–H groups in total. The van der Waals surface area contributed by atoms with Crippen LogP contribution in [0, 0.1) is 6.92 Å². The summed E-state index contributed by atoms with van der Waals surface area (Å²) in [6.45, 7) is 4.68. The van der Waals surface area contributed by atoms with Crippen molar-refractivity contribution in [1.82, 2.24) is 4.98 Å². The van der Waals surface area contributed by atoms with Gasteiger partial charge in [0.15, 0.2) is 0 Å². The molecule has 26 heavy (non-hydrogen) atoms. The number of para-hydroxylation sites is 1. The lowest BCUT2D eigenvalue weighted by Crippen LogP contribution is -2.06. The van der Waals surface area contributed by atoms with E-state index in [1.807, 2.05) is 36.4 Å². The zero-order chi connectivity index (χ0) is 18.4. The predicted molar refractivity (Wildman–Crippen MR) is 106 cm³/mol. The fraction of sp³-hybridized carbons (Fsp3) is 0.273. The molecule has 0 radical (unpaired) electrons. The van der Waals surface area contributed by atoms with E-state index in [0.717, 1.165) is 41.7 Å². The number of hydrogen-bond donors (Lipinski definition) is 1. The maximum Gasteiger partial charge on any atom is 0.338 e. The molecule has 4 nitrogen and oxygen atoms in total. The van der Waals surface area contributed by atoms with Crippen LogP contribution in [0.1, 0.15) is 42.1 Å². The van der Waals surface area contributed by atoms with E-state index in [1.54, 1.807) is 12.1 Å². The second-order valence-electron chi connectivity index (χ2n) is 6.39. The lowest BCUT2D eigenvalue weighted by atomic mass is 10.1. The molecule has 4 heteroatoms. The van der Waals surface area contributed by atoms with Crippen LogP contribution in [0.25, 0.3) is 10.9 Å². The number of aryl methyl sites for hydroxylation is 1. The molecule has 0 aliphatic rings. The first-order valence-corrected chi connectivity index (χ1v) is 9.08. The molecule has 0 unspecified atom stereocenters. The van der Waals surface area contributed by atoms with Crippen LogP contribution in [0.4, 0.5) is 11.5 Å². The van der Waals surface area contributed by atoms with E-state index in [4.69, 9.17) is 4.74 Å². The molecule has 0 atom stereocenters. The number of benzene rings is 2. The summed E-state index contributed by atoms with van der Waals surface area (Å²) in [4.78, 5) is 16.7. The van der Waals surface area contributed by atoms with Gasteiger partial charge in [0.05, 0.1) is 17.7 Å². The van der Waals surface area contributed by atoms with Crippen LogP contribution in [-0.2, 0) is 4.74 Å². The van der Waals surface area contributed by atoms with Crippen LogP contribution in [0.15, 0.2) is 54.6 Å². The largest absolute Gasteiger partial charge is 0.462 e. The standard InChI is InChI=1S/C22H24N2O2/c1-3-4-7-14-26-22(25)17-10-12-18(13-11-17)23-21-15-16(2)19-8-5-6-9-20(19)24-21/h5-6,8-13,15H,3-4,7,14H2,1-2H3,(H,23,24). The molecule has 0 saturated carbocycles. The number of nitrogens with one attached hydrogen (secondary N) is 1. The van der Waals surface area contributed by atoms with E-state index in [9.17, 15) is 4.79 Å².